The van der Waals surface area contributed by atoms with Crippen molar-refractivity contribution in [1.29, 1.82) is 5.41 Å². The molecule has 4 rings (SSSR count). The number of aromatic nitrogens is 2. The molecule has 2 heterocycles. The van der Waals surface area contributed by atoms with Gasteiger partial charge in [-0.15, -0.1) is 0 Å². The fourth-order valence-electron chi connectivity index (χ4n) is 3.21. The van der Waals surface area contributed by atoms with Gasteiger partial charge < -0.3 is 26.2 Å². The van der Waals surface area contributed by atoms with Gasteiger partial charge in [-0.25, -0.2) is 9.97 Å². The van der Waals surface area contributed by atoms with Gasteiger partial charge in [-0.05, 0) is 61.5 Å². The third-order valence-corrected chi connectivity index (χ3v) is 4.74. The molecule has 1 aliphatic rings. The topological polar surface area (TPSA) is 129 Å². The lowest BCUT2D eigenvalue weighted by Crippen LogP contribution is -2.25. The molecule has 0 saturated carbocycles. The number of nitrogen functional groups attached to an aromatic ring is 1. The summed E-state index contributed by atoms with van der Waals surface area (Å²) < 4.78 is 5.76. The zero-order valence-corrected chi connectivity index (χ0v) is 15.7. The van der Waals surface area contributed by atoms with Crippen LogP contribution in [0.1, 0.15) is 17.5 Å². The second kappa shape index (κ2) is 8.15. The molecule has 3 aromatic rings. The zero-order valence-electron chi connectivity index (χ0n) is 15.7. The van der Waals surface area contributed by atoms with Crippen molar-refractivity contribution in [2.24, 2.45) is 0 Å². The van der Waals surface area contributed by atoms with Crippen LogP contribution in [0.25, 0.3) is 0 Å². The molecule has 8 nitrogen and oxygen atoms in total. The van der Waals surface area contributed by atoms with Gasteiger partial charge in [-0.1, -0.05) is 0 Å². The van der Waals surface area contributed by atoms with Crippen LogP contribution in [0.3, 0.4) is 0 Å². The van der Waals surface area contributed by atoms with Gasteiger partial charge in [0.25, 0.3) is 0 Å². The van der Waals surface area contributed by atoms with Crippen LogP contribution in [0.4, 0.5) is 11.6 Å². The van der Waals surface area contributed by atoms with E-state index in [9.17, 15) is 5.11 Å². The predicted octanol–water partition coefficient (Wildman–Crippen LogP) is 2.75. The first kappa shape index (κ1) is 18.7. The summed E-state index contributed by atoms with van der Waals surface area (Å²) in [6, 6.07) is 13.9. The lowest BCUT2D eigenvalue weighted by Gasteiger charge is -2.17. The molecule has 8 heteroatoms. The average Bonchev–Trinajstić information content (AvgIpc) is 3.23. The molecule has 1 aliphatic heterocycles. The number of nitrogens with one attached hydrogen (secondary N) is 3. The van der Waals surface area contributed by atoms with E-state index in [0.717, 1.165) is 19.5 Å². The first-order chi connectivity index (χ1) is 14.1. The molecular formula is C21H22N6O2. The van der Waals surface area contributed by atoms with Crippen molar-refractivity contribution in [3.8, 4) is 17.2 Å². The minimum atomic E-state index is 0.182. The summed E-state index contributed by atoms with van der Waals surface area (Å²) in [6.07, 6.45) is 2.39. The summed E-state index contributed by atoms with van der Waals surface area (Å²) in [5.74, 6) is 2.26. The molecule has 1 aromatic heterocycles. The maximum Gasteiger partial charge on any atom is 0.141 e. The fraction of sp³-hybridized carbons (Fsp3) is 0.190. The summed E-state index contributed by atoms with van der Waals surface area (Å²) in [7, 11) is 0. The van der Waals surface area contributed by atoms with Crippen LogP contribution >= 0.6 is 0 Å². The number of nitrogens with two attached hydrogens (primary N) is 1. The van der Waals surface area contributed by atoms with E-state index in [1.807, 2.05) is 0 Å². The summed E-state index contributed by atoms with van der Waals surface area (Å²) in [5.41, 5.74) is 7.50. The Labute approximate surface area is 168 Å². The number of anilines is 2. The van der Waals surface area contributed by atoms with E-state index in [2.05, 4.69) is 20.6 Å². The maximum absolute atomic E-state index is 9.35. The lowest BCUT2D eigenvalue weighted by molar-refractivity contribution is 0.464. The number of rotatable bonds is 6. The molecule has 1 atom stereocenters. The molecule has 6 N–H and O–H groups in total. The summed E-state index contributed by atoms with van der Waals surface area (Å²) in [6.45, 7) is 1.80. The van der Waals surface area contributed by atoms with Gasteiger partial charge in [0.15, 0.2) is 0 Å². The van der Waals surface area contributed by atoms with Crippen LogP contribution in [0.2, 0.25) is 0 Å². The van der Waals surface area contributed by atoms with E-state index in [-0.39, 0.29) is 23.3 Å². The SMILES string of the molecule is N=C(c1ccc(Oc2ccc(O)cc2)cc1)c1c(N)ncnc1N[C@@H]1CCNC1. The largest absolute Gasteiger partial charge is 0.508 e. The Hall–Kier alpha value is -3.65. The molecule has 1 saturated heterocycles. The second-order valence-corrected chi connectivity index (χ2v) is 6.81. The standard InChI is InChI=1S/C21H22N6O2/c22-19(18-20(23)25-12-26-21(18)27-14-9-10-24-11-14)13-1-5-16(6-2-13)29-17-7-3-15(28)4-8-17/h1-8,12,14,22,24,28H,9-11H2,(H3,23,25,26,27)/t14-/m1/s1. The highest BCUT2D eigenvalue weighted by molar-refractivity contribution is 6.16. The van der Waals surface area contributed by atoms with Gasteiger partial charge in [0.2, 0.25) is 0 Å². The summed E-state index contributed by atoms with van der Waals surface area (Å²) >= 11 is 0. The van der Waals surface area contributed by atoms with Gasteiger partial charge in [0, 0.05) is 18.2 Å². The molecule has 0 amide bonds. The Kier molecular flexibility index (Phi) is 5.26. The number of aromatic hydroxyl groups is 1. The monoisotopic (exact) mass is 390 g/mol. The Morgan fingerprint density at radius 3 is 2.45 bits per heavy atom. The summed E-state index contributed by atoms with van der Waals surface area (Å²) in [5, 5.41) is 24.7. The second-order valence-electron chi connectivity index (χ2n) is 6.81. The van der Waals surface area contributed by atoms with E-state index in [1.54, 1.807) is 48.5 Å². The number of hydrogen-bond acceptors (Lipinski definition) is 8. The van der Waals surface area contributed by atoms with Gasteiger partial charge in [-0.3, -0.25) is 5.41 Å². The number of phenols is 1. The van der Waals surface area contributed by atoms with Gasteiger partial charge in [0.1, 0.15) is 35.2 Å². The van der Waals surface area contributed by atoms with E-state index in [0.29, 0.717) is 28.4 Å². The van der Waals surface area contributed by atoms with Crippen molar-refractivity contribution < 1.29 is 9.84 Å². The average molecular weight is 390 g/mol. The van der Waals surface area contributed by atoms with Crippen molar-refractivity contribution >= 4 is 17.3 Å². The van der Waals surface area contributed by atoms with Crippen molar-refractivity contribution in [3.05, 3.63) is 66.0 Å². The number of benzene rings is 2. The zero-order chi connectivity index (χ0) is 20.2. The minimum absolute atomic E-state index is 0.182. The Balaban J connectivity index is 1.54. The van der Waals surface area contributed by atoms with Crippen LogP contribution in [0, 0.1) is 5.41 Å². The smallest absolute Gasteiger partial charge is 0.141 e. The molecule has 148 valence electrons. The molecule has 0 aliphatic carbocycles. The molecule has 0 bridgehead atoms. The number of hydrogen-bond donors (Lipinski definition) is 5. The van der Waals surface area contributed by atoms with E-state index >= 15 is 0 Å². The fourth-order valence-corrected chi connectivity index (χ4v) is 3.21. The Morgan fingerprint density at radius 2 is 1.79 bits per heavy atom. The van der Waals surface area contributed by atoms with Crippen LogP contribution in [0.5, 0.6) is 17.2 Å². The van der Waals surface area contributed by atoms with Gasteiger partial charge >= 0.3 is 0 Å². The first-order valence-electron chi connectivity index (χ1n) is 9.34. The van der Waals surface area contributed by atoms with Crippen molar-refractivity contribution in [1.82, 2.24) is 15.3 Å². The molecule has 0 radical (unpaired) electrons. The predicted molar refractivity (Wildman–Crippen MR) is 112 cm³/mol. The van der Waals surface area contributed by atoms with Gasteiger partial charge in [0.05, 0.1) is 11.3 Å². The van der Waals surface area contributed by atoms with Crippen molar-refractivity contribution in [3.63, 3.8) is 0 Å². The Morgan fingerprint density at radius 1 is 1.10 bits per heavy atom. The molecule has 0 unspecified atom stereocenters. The quantitative estimate of drug-likeness (QED) is 0.409. The molecule has 0 spiro atoms. The van der Waals surface area contributed by atoms with E-state index in [4.69, 9.17) is 15.9 Å². The number of ether oxygens (including phenoxy) is 1. The van der Waals surface area contributed by atoms with Crippen LogP contribution in [-0.4, -0.2) is 39.9 Å². The molecule has 2 aromatic carbocycles. The maximum atomic E-state index is 9.35. The van der Waals surface area contributed by atoms with Crippen molar-refractivity contribution in [2.45, 2.75) is 12.5 Å². The van der Waals surface area contributed by atoms with E-state index in [1.165, 1.54) is 6.33 Å². The number of phenolic OH excluding ortho intramolecular Hbond substituents is 1. The van der Waals surface area contributed by atoms with Crippen LogP contribution in [-0.2, 0) is 0 Å². The molecule has 1 fully saturated rings. The highest BCUT2D eigenvalue weighted by Gasteiger charge is 2.20. The van der Waals surface area contributed by atoms with E-state index < -0.39 is 0 Å². The molecular weight excluding hydrogens is 368 g/mol. The summed E-state index contributed by atoms with van der Waals surface area (Å²) in [4.78, 5) is 8.38. The Bertz CT molecular complexity index is 999. The lowest BCUT2D eigenvalue weighted by atomic mass is 10.0. The van der Waals surface area contributed by atoms with Crippen LogP contribution in [0.15, 0.2) is 54.9 Å². The normalized spacial score (nSPS) is 15.8. The highest BCUT2D eigenvalue weighted by atomic mass is 16.5. The molecule has 29 heavy (non-hydrogen) atoms. The minimum Gasteiger partial charge on any atom is -0.508 e. The van der Waals surface area contributed by atoms with Gasteiger partial charge in [-0.2, -0.15) is 0 Å². The first-order valence-corrected chi connectivity index (χ1v) is 9.34. The third kappa shape index (κ3) is 4.27. The number of nitrogens with zero attached hydrogens (tertiary/aromatic N) is 2. The highest BCUT2D eigenvalue weighted by Crippen LogP contribution is 2.26. The van der Waals surface area contributed by atoms with Crippen LogP contribution < -0.4 is 21.1 Å². The van der Waals surface area contributed by atoms with Crippen molar-refractivity contribution in [2.75, 3.05) is 24.1 Å². The third-order valence-electron chi connectivity index (χ3n) is 4.74.